The van der Waals surface area contributed by atoms with Crippen LogP contribution in [0, 0.1) is 5.41 Å². The van der Waals surface area contributed by atoms with Crippen LogP contribution in [-0.4, -0.2) is 17.6 Å². The summed E-state index contributed by atoms with van der Waals surface area (Å²) in [7, 11) is 0. The number of hydrogen-bond donors (Lipinski definition) is 1. The molecule has 0 unspecified atom stereocenters. The Hall–Kier alpha value is -0.570. The monoisotopic (exact) mass is 211 g/mol. The summed E-state index contributed by atoms with van der Waals surface area (Å²) in [4.78, 5) is 11.8. The predicted molar refractivity (Wildman–Crippen MR) is 58.3 cm³/mol. The molecule has 2 aliphatic carbocycles. The van der Waals surface area contributed by atoms with Crippen LogP contribution in [0.5, 0.6) is 0 Å². The Morgan fingerprint density at radius 2 is 1.80 bits per heavy atom. The minimum atomic E-state index is -0.688. The molecule has 0 aromatic heterocycles. The summed E-state index contributed by atoms with van der Waals surface area (Å²) < 4.78 is 5.45. The zero-order chi connectivity index (χ0) is 11.1. The molecule has 15 heavy (non-hydrogen) atoms. The van der Waals surface area contributed by atoms with Gasteiger partial charge in [0.15, 0.2) is 0 Å². The highest BCUT2D eigenvalue weighted by Gasteiger charge is 2.53. The van der Waals surface area contributed by atoms with E-state index in [1.807, 2.05) is 0 Å². The maximum atomic E-state index is 11.8. The predicted octanol–water partition coefficient (Wildman–Crippen LogP) is 1.99. The molecule has 2 fully saturated rings. The second-order valence-electron chi connectivity index (χ2n) is 5.99. The number of carbonyl (C=O) groups is 1. The first kappa shape index (κ1) is 10.9. The standard InChI is InChI=1S/C12H21NO2/c1-11(2)7-12(13,8-11)10(14)15-9-5-3-4-6-9/h9H,3-8,13H2,1-2H3. The first-order chi connectivity index (χ1) is 6.91. The molecule has 2 aliphatic rings. The van der Waals surface area contributed by atoms with Gasteiger partial charge in [-0.15, -0.1) is 0 Å². The number of carbonyl (C=O) groups excluding carboxylic acids is 1. The van der Waals surface area contributed by atoms with Gasteiger partial charge in [0.05, 0.1) is 0 Å². The number of ether oxygens (including phenoxy) is 1. The van der Waals surface area contributed by atoms with Crippen LogP contribution in [0.2, 0.25) is 0 Å². The Morgan fingerprint density at radius 3 is 2.27 bits per heavy atom. The van der Waals surface area contributed by atoms with Gasteiger partial charge in [0.25, 0.3) is 0 Å². The van der Waals surface area contributed by atoms with E-state index in [9.17, 15) is 4.79 Å². The summed E-state index contributed by atoms with van der Waals surface area (Å²) in [6.45, 7) is 4.28. The lowest BCUT2D eigenvalue weighted by Crippen LogP contribution is -2.62. The van der Waals surface area contributed by atoms with Crippen LogP contribution in [0.3, 0.4) is 0 Å². The van der Waals surface area contributed by atoms with Crippen molar-refractivity contribution in [1.29, 1.82) is 0 Å². The van der Waals surface area contributed by atoms with Crippen molar-refractivity contribution < 1.29 is 9.53 Å². The molecule has 0 atom stereocenters. The van der Waals surface area contributed by atoms with E-state index in [1.54, 1.807) is 0 Å². The molecule has 2 N–H and O–H groups in total. The quantitative estimate of drug-likeness (QED) is 0.711. The number of rotatable bonds is 2. The first-order valence-electron chi connectivity index (χ1n) is 5.91. The molecule has 0 bridgehead atoms. The van der Waals surface area contributed by atoms with Crippen LogP contribution >= 0.6 is 0 Å². The smallest absolute Gasteiger partial charge is 0.326 e. The van der Waals surface area contributed by atoms with Crippen molar-refractivity contribution in [2.45, 2.75) is 64.0 Å². The molecule has 0 aromatic rings. The first-order valence-corrected chi connectivity index (χ1v) is 5.91. The van der Waals surface area contributed by atoms with Crippen molar-refractivity contribution in [2.75, 3.05) is 0 Å². The van der Waals surface area contributed by atoms with Crippen LogP contribution in [0.1, 0.15) is 52.4 Å². The van der Waals surface area contributed by atoms with E-state index < -0.39 is 5.54 Å². The van der Waals surface area contributed by atoms with Gasteiger partial charge in [0.2, 0.25) is 0 Å². The van der Waals surface area contributed by atoms with E-state index in [4.69, 9.17) is 10.5 Å². The Labute approximate surface area is 91.4 Å². The lowest BCUT2D eigenvalue weighted by atomic mass is 9.60. The summed E-state index contributed by atoms with van der Waals surface area (Å²) in [6, 6.07) is 0. The summed E-state index contributed by atoms with van der Waals surface area (Å²) in [5.41, 5.74) is 5.55. The zero-order valence-corrected chi connectivity index (χ0v) is 9.71. The molecule has 0 spiro atoms. The fourth-order valence-electron chi connectivity index (χ4n) is 3.08. The average molecular weight is 211 g/mol. The maximum Gasteiger partial charge on any atom is 0.326 e. The Morgan fingerprint density at radius 1 is 1.27 bits per heavy atom. The fourth-order valence-corrected chi connectivity index (χ4v) is 3.08. The van der Waals surface area contributed by atoms with E-state index in [0.717, 1.165) is 25.7 Å². The van der Waals surface area contributed by atoms with Crippen LogP contribution < -0.4 is 5.73 Å². The molecule has 2 rings (SSSR count). The minimum Gasteiger partial charge on any atom is -0.461 e. The maximum absolute atomic E-state index is 11.8. The van der Waals surface area contributed by atoms with Crippen LogP contribution in [0.15, 0.2) is 0 Å². The lowest BCUT2D eigenvalue weighted by Gasteiger charge is -2.48. The molecule has 2 saturated carbocycles. The normalized spacial score (nSPS) is 28.5. The molecule has 0 saturated heterocycles. The van der Waals surface area contributed by atoms with E-state index >= 15 is 0 Å². The Bertz CT molecular complexity index is 259. The molecule has 0 amide bonds. The van der Waals surface area contributed by atoms with E-state index in [0.29, 0.717) is 0 Å². The molecule has 0 radical (unpaired) electrons. The Balaban J connectivity index is 1.86. The molecular weight excluding hydrogens is 190 g/mol. The Kier molecular flexibility index (Phi) is 2.53. The highest BCUT2D eigenvalue weighted by Crippen LogP contribution is 2.47. The largest absolute Gasteiger partial charge is 0.461 e. The van der Waals surface area contributed by atoms with Gasteiger partial charge >= 0.3 is 5.97 Å². The van der Waals surface area contributed by atoms with Gasteiger partial charge in [-0.05, 0) is 43.9 Å². The second kappa shape index (κ2) is 3.48. The molecular formula is C12H21NO2. The third-order valence-corrected chi connectivity index (χ3v) is 3.57. The van der Waals surface area contributed by atoms with Crippen LogP contribution in [-0.2, 0) is 9.53 Å². The molecule has 3 nitrogen and oxygen atoms in total. The second-order valence-corrected chi connectivity index (χ2v) is 5.99. The van der Waals surface area contributed by atoms with Gasteiger partial charge in [-0.25, -0.2) is 0 Å². The third kappa shape index (κ3) is 2.17. The van der Waals surface area contributed by atoms with Gasteiger partial charge in [0.1, 0.15) is 11.6 Å². The molecule has 0 heterocycles. The highest BCUT2D eigenvalue weighted by atomic mass is 16.5. The SMILES string of the molecule is CC1(C)CC(N)(C(=O)OC2CCCC2)C1. The third-order valence-electron chi connectivity index (χ3n) is 3.57. The molecule has 3 heteroatoms. The summed E-state index contributed by atoms with van der Waals surface area (Å²) in [5, 5.41) is 0. The van der Waals surface area contributed by atoms with Crippen molar-refractivity contribution in [3.05, 3.63) is 0 Å². The topological polar surface area (TPSA) is 52.3 Å². The molecule has 0 aromatic carbocycles. The molecule has 0 aliphatic heterocycles. The van der Waals surface area contributed by atoms with Crippen molar-refractivity contribution >= 4 is 5.97 Å². The number of esters is 1. The van der Waals surface area contributed by atoms with Gasteiger partial charge in [-0.2, -0.15) is 0 Å². The van der Waals surface area contributed by atoms with Gasteiger partial charge in [0, 0.05) is 0 Å². The summed E-state index contributed by atoms with van der Waals surface area (Å²) in [6.07, 6.45) is 6.05. The van der Waals surface area contributed by atoms with Crippen molar-refractivity contribution in [1.82, 2.24) is 0 Å². The molecule has 86 valence electrons. The average Bonchev–Trinajstić information content (AvgIpc) is 2.52. The van der Waals surface area contributed by atoms with Crippen molar-refractivity contribution in [3.63, 3.8) is 0 Å². The van der Waals surface area contributed by atoms with Crippen LogP contribution in [0.4, 0.5) is 0 Å². The number of nitrogens with two attached hydrogens (primary N) is 1. The zero-order valence-electron chi connectivity index (χ0n) is 9.71. The van der Waals surface area contributed by atoms with Crippen molar-refractivity contribution in [2.24, 2.45) is 11.1 Å². The van der Waals surface area contributed by atoms with E-state index in [2.05, 4.69) is 13.8 Å². The minimum absolute atomic E-state index is 0.140. The van der Waals surface area contributed by atoms with Gasteiger partial charge in [-0.1, -0.05) is 13.8 Å². The van der Waals surface area contributed by atoms with Crippen LogP contribution in [0.25, 0.3) is 0 Å². The van der Waals surface area contributed by atoms with E-state index in [-0.39, 0.29) is 17.5 Å². The summed E-state index contributed by atoms with van der Waals surface area (Å²) >= 11 is 0. The lowest BCUT2D eigenvalue weighted by molar-refractivity contribution is -0.164. The summed E-state index contributed by atoms with van der Waals surface area (Å²) in [5.74, 6) is -0.172. The van der Waals surface area contributed by atoms with Crippen molar-refractivity contribution in [3.8, 4) is 0 Å². The number of hydrogen-bond acceptors (Lipinski definition) is 3. The van der Waals surface area contributed by atoms with Gasteiger partial charge < -0.3 is 10.5 Å². The van der Waals surface area contributed by atoms with Gasteiger partial charge in [-0.3, -0.25) is 4.79 Å². The van der Waals surface area contributed by atoms with E-state index in [1.165, 1.54) is 12.8 Å². The fraction of sp³-hybridized carbons (Fsp3) is 0.917. The highest BCUT2D eigenvalue weighted by molar-refractivity contribution is 5.82.